The average Bonchev–Trinajstić information content (AvgIpc) is 3.43. The van der Waals surface area contributed by atoms with Crippen molar-refractivity contribution in [3.05, 3.63) is 11.6 Å². The summed E-state index contributed by atoms with van der Waals surface area (Å²) in [4.78, 5) is 12.8. The fourth-order valence-corrected chi connectivity index (χ4v) is 9.70. The highest BCUT2D eigenvalue weighted by Crippen LogP contribution is 2.72. The van der Waals surface area contributed by atoms with Gasteiger partial charge < -0.3 is 5.11 Å². The Labute approximate surface area is 190 Å². The smallest absolute Gasteiger partial charge is 0.143 e. The number of aliphatic hydroxyl groups excluding tert-OH is 1. The number of rotatable bonds is 5. The molecule has 5 rings (SSSR count). The number of aliphatic hydroxyl groups is 1. The first-order chi connectivity index (χ1) is 14.6. The van der Waals surface area contributed by atoms with Crippen molar-refractivity contribution in [2.45, 2.75) is 111 Å². The predicted molar refractivity (Wildman–Crippen MR) is 126 cm³/mol. The lowest BCUT2D eigenvalue weighted by molar-refractivity contribution is -0.128. The molecule has 4 fully saturated rings. The minimum atomic E-state index is -0.122. The van der Waals surface area contributed by atoms with Gasteiger partial charge in [-0.1, -0.05) is 65.5 Å². The van der Waals surface area contributed by atoms with E-state index in [1.54, 1.807) is 5.57 Å². The lowest BCUT2D eigenvalue weighted by Crippen LogP contribution is -2.52. The van der Waals surface area contributed by atoms with E-state index in [1.807, 2.05) is 0 Å². The number of carbonyl (C=O) groups is 1. The third-order valence-corrected chi connectivity index (χ3v) is 11.3. The molecule has 0 saturated heterocycles. The van der Waals surface area contributed by atoms with Gasteiger partial charge in [0.2, 0.25) is 0 Å². The van der Waals surface area contributed by atoms with Crippen LogP contribution in [0.2, 0.25) is 0 Å². The van der Waals surface area contributed by atoms with Crippen LogP contribution in [-0.2, 0) is 4.79 Å². The van der Waals surface area contributed by atoms with E-state index in [-0.39, 0.29) is 16.9 Å². The maximum Gasteiger partial charge on any atom is 0.143 e. The molecule has 0 aromatic carbocycles. The van der Waals surface area contributed by atoms with Gasteiger partial charge in [-0.2, -0.15) is 0 Å². The molecule has 1 unspecified atom stereocenters. The molecule has 0 heterocycles. The SMILES string of the molecule is CC(C)CCC[C@@H](C)[C@H]1C(O)C[C@H]2[C@@H]3CC=C4C5(CC5)C(=O)CC[C@]4(C)[C@H]3CC[C@]12C. The molecular formula is C29H46O2. The number of hydrogen-bond acceptors (Lipinski definition) is 2. The van der Waals surface area contributed by atoms with Gasteiger partial charge in [0, 0.05) is 6.42 Å². The average molecular weight is 427 g/mol. The topological polar surface area (TPSA) is 37.3 Å². The van der Waals surface area contributed by atoms with Gasteiger partial charge in [0.15, 0.2) is 0 Å². The van der Waals surface area contributed by atoms with Crippen LogP contribution in [0.3, 0.4) is 0 Å². The zero-order valence-electron chi connectivity index (χ0n) is 20.8. The van der Waals surface area contributed by atoms with Gasteiger partial charge in [0.1, 0.15) is 5.78 Å². The molecule has 0 aromatic heterocycles. The second kappa shape index (κ2) is 7.44. The first-order valence-corrected chi connectivity index (χ1v) is 13.6. The molecule has 0 aromatic rings. The molecular weight excluding hydrogens is 380 g/mol. The Morgan fingerprint density at radius 2 is 1.81 bits per heavy atom. The molecule has 1 N–H and O–H groups in total. The summed E-state index contributed by atoms with van der Waals surface area (Å²) in [7, 11) is 0. The van der Waals surface area contributed by atoms with Crippen molar-refractivity contribution in [3.63, 3.8) is 0 Å². The summed E-state index contributed by atoms with van der Waals surface area (Å²) in [5.41, 5.74) is 2.04. The van der Waals surface area contributed by atoms with Crippen molar-refractivity contribution < 1.29 is 9.90 Å². The monoisotopic (exact) mass is 426 g/mol. The Morgan fingerprint density at radius 1 is 1.06 bits per heavy atom. The standard InChI is InChI=1S/C29H46O2/c1-18(2)7-6-8-19(3)26-23(30)17-22-20-9-10-24-27(4,21(20)11-13-28(22,26)5)14-12-25(31)29(24)15-16-29/h10,18-23,26,30H,6-9,11-17H2,1-5H3/t19-,20-,21+,22+,23?,26+,27-,28+/m1/s1. The zero-order chi connectivity index (χ0) is 22.2. The maximum atomic E-state index is 12.8. The second-order valence-corrected chi connectivity index (χ2v) is 13.3. The summed E-state index contributed by atoms with van der Waals surface area (Å²) in [6.07, 6.45) is 15.1. The van der Waals surface area contributed by atoms with E-state index < -0.39 is 0 Å². The third kappa shape index (κ3) is 3.17. The summed E-state index contributed by atoms with van der Waals surface area (Å²) >= 11 is 0. The van der Waals surface area contributed by atoms with Crippen molar-refractivity contribution in [1.29, 1.82) is 0 Å². The van der Waals surface area contributed by atoms with E-state index >= 15 is 0 Å². The summed E-state index contributed by atoms with van der Waals surface area (Å²) in [5, 5.41) is 11.3. The Bertz CT molecular complexity index is 761. The van der Waals surface area contributed by atoms with Crippen molar-refractivity contribution in [1.82, 2.24) is 0 Å². The highest BCUT2D eigenvalue weighted by atomic mass is 16.3. The first kappa shape index (κ1) is 22.2. The number of fused-ring (bicyclic) bond motifs is 6. The van der Waals surface area contributed by atoms with E-state index in [9.17, 15) is 9.90 Å². The fourth-order valence-electron chi connectivity index (χ4n) is 9.70. The molecule has 5 aliphatic rings. The lowest BCUT2D eigenvalue weighted by Gasteiger charge is -2.59. The van der Waals surface area contributed by atoms with Crippen molar-refractivity contribution in [2.24, 2.45) is 51.8 Å². The number of allylic oxidation sites excluding steroid dienone is 2. The molecule has 31 heavy (non-hydrogen) atoms. The van der Waals surface area contributed by atoms with Crippen LogP contribution in [0.1, 0.15) is 105 Å². The summed E-state index contributed by atoms with van der Waals surface area (Å²) in [6.45, 7) is 12.1. The molecule has 0 amide bonds. The van der Waals surface area contributed by atoms with E-state index in [2.05, 4.69) is 40.7 Å². The Kier molecular flexibility index (Phi) is 5.32. The molecule has 0 aliphatic heterocycles. The van der Waals surface area contributed by atoms with Gasteiger partial charge in [0.25, 0.3) is 0 Å². The van der Waals surface area contributed by atoms with E-state index in [0.717, 1.165) is 50.4 Å². The van der Waals surface area contributed by atoms with E-state index in [1.165, 1.54) is 32.1 Å². The number of ketones is 1. The van der Waals surface area contributed by atoms with Crippen LogP contribution in [-0.4, -0.2) is 17.0 Å². The fraction of sp³-hybridized carbons (Fsp3) is 0.897. The van der Waals surface area contributed by atoms with Crippen molar-refractivity contribution in [3.8, 4) is 0 Å². The first-order valence-electron chi connectivity index (χ1n) is 13.6. The van der Waals surface area contributed by atoms with Crippen LogP contribution in [0.25, 0.3) is 0 Å². The molecule has 8 atom stereocenters. The van der Waals surface area contributed by atoms with Crippen molar-refractivity contribution in [2.75, 3.05) is 0 Å². The molecule has 5 aliphatic carbocycles. The molecule has 174 valence electrons. The lowest BCUT2D eigenvalue weighted by atomic mass is 9.45. The van der Waals surface area contributed by atoms with E-state index in [0.29, 0.717) is 34.9 Å². The molecule has 0 radical (unpaired) electrons. The van der Waals surface area contributed by atoms with Gasteiger partial charge in [0.05, 0.1) is 11.5 Å². The highest BCUT2D eigenvalue weighted by Gasteiger charge is 2.66. The zero-order valence-corrected chi connectivity index (χ0v) is 20.8. The Hall–Kier alpha value is -0.630. The molecule has 4 saturated carbocycles. The third-order valence-electron chi connectivity index (χ3n) is 11.3. The maximum absolute atomic E-state index is 12.8. The van der Waals surface area contributed by atoms with Gasteiger partial charge >= 0.3 is 0 Å². The quantitative estimate of drug-likeness (QED) is 0.483. The second-order valence-electron chi connectivity index (χ2n) is 13.3. The largest absolute Gasteiger partial charge is 0.393 e. The molecule has 0 bridgehead atoms. The molecule has 2 nitrogen and oxygen atoms in total. The van der Waals surface area contributed by atoms with Crippen LogP contribution < -0.4 is 0 Å². The molecule has 2 heteroatoms. The van der Waals surface area contributed by atoms with Crippen LogP contribution in [0.4, 0.5) is 0 Å². The number of carbonyl (C=O) groups excluding carboxylic acids is 1. The Morgan fingerprint density at radius 3 is 2.48 bits per heavy atom. The van der Waals surface area contributed by atoms with Gasteiger partial charge in [-0.15, -0.1) is 0 Å². The van der Waals surface area contributed by atoms with Crippen LogP contribution in [0, 0.1) is 51.8 Å². The summed E-state index contributed by atoms with van der Waals surface area (Å²) in [6, 6.07) is 0. The summed E-state index contributed by atoms with van der Waals surface area (Å²) in [5.74, 6) is 4.49. The van der Waals surface area contributed by atoms with Crippen LogP contribution >= 0.6 is 0 Å². The highest BCUT2D eigenvalue weighted by molar-refractivity contribution is 5.92. The predicted octanol–water partition coefficient (Wildman–Crippen LogP) is 6.96. The summed E-state index contributed by atoms with van der Waals surface area (Å²) < 4.78 is 0. The van der Waals surface area contributed by atoms with Crippen LogP contribution in [0.15, 0.2) is 11.6 Å². The van der Waals surface area contributed by atoms with Gasteiger partial charge in [-0.3, -0.25) is 4.79 Å². The van der Waals surface area contributed by atoms with Crippen LogP contribution in [0.5, 0.6) is 0 Å². The minimum Gasteiger partial charge on any atom is -0.393 e. The van der Waals surface area contributed by atoms with E-state index in [4.69, 9.17) is 0 Å². The normalized spacial score (nSPS) is 46.4. The minimum absolute atomic E-state index is 0.0403. The van der Waals surface area contributed by atoms with Crippen molar-refractivity contribution >= 4 is 5.78 Å². The molecule has 1 spiro atoms. The Balaban J connectivity index is 1.39. The van der Waals surface area contributed by atoms with Gasteiger partial charge in [-0.05, 0) is 91.3 Å². The number of hydrogen-bond donors (Lipinski definition) is 1. The van der Waals surface area contributed by atoms with Gasteiger partial charge in [-0.25, -0.2) is 0 Å². The number of Topliss-reactive ketones (excluding diaryl/α,β-unsaturated/α-hetero) is 1.